The van der Waals surface area contributed by atoms with Crippen molar-refractivity contribution in [1.82, 2.24) is 0 Å². The fraction of sp³-hybridized carbons (Fsp3) is 0.875. The number of nitrogens with zero attached hydrogens (tertiary/aromatic N) is 1. The second-order valence-electron chi connectivity index (χ2n) is 14.5. The van der Waals surface area contributed by atoms with Crippen LogP contribution in [0.5, 0.6) is 0 Å². The SMILES string of the molecule is CCCC/C=C/CCCCCCCC(=O)OC(COCCC(C(=O)[O-])[N+](C)(C)C)COC(=O)CCCCCCCCCCCCCCC. The number of carboxylic acid groups (broad SMARTS) is 1. The molecule has 0 spiro atoms. The molecule has 0 aromatic heterocycles. The van der Waals surface area contributed by atoms with E-state index in [0.29, 0.717) is 12.8 Å². The summed E-state index contributed by atoms with van der Waals surface area (Å²) >= 11 is 0. The molecule has 0 aromatic carbocycles. The number of carboxylic acids is 1. The van der Waals surface area contributed by atoms with Gasteiger partial charge in [-0.05, 0) is 32.1 Å². The molecule has 282 valence electrons. The molecule has 2 atom stereocenters. The lowest BCUT2D eigenvalue weighted by Gasteiger charge is -2.34. The Kier molecular flexibility index (Phi) is 31.0. The second kappa shape index (κ2) is 32.3. The molecular formula is C40H75NO7. The Labute approximate surface area is 295 Å². The summed E-state index contributed by atoms with van der Waals surface area (Å²) in [5.41, 5.74) is 0. The third-order valence-electron chi connectivity index (χ3n) is 8.90. The van der Waals surface area contributed by atoms with Gasteiger partial charge in [0.05, 0.1) is 40.3 Å². The lowest BCUT2D eigenvalue weighted by atomic mass is 10.0. The van der Waals surface area contributed by atoms with Crippen LogP contribution in [0.15, 0.2) is 12.2 Å². The monoisotopic (exact) mass is 682 g/mol. The Morgan fingerprint density at radius 1 is 0.604 bits per heavy atom. The summed E-state index contributed by atoms with van der Waals surface area (Å²) in [5, 5.41) is 11.6. The highest BCUT2D eigenvalue weighted by Gasteiger charge is 2.25. The van der Waals surface area contributed by atoms with Gasteiger partial charge in [0.2, 0.25) is 0 Å². The van der Waals surface area contributed by atoms with Crippen LogP contribution in [0.25, 0.3) is 0 Å². The van der Waals surface area contributed by atoms with Crippen LogP contribution in [0.1, 0.15) is 174 Å². The third kappa shape index (κ3) is 30.2. The minimum Gasteiger partial charge on any atom is -0.544 e. The summed E-state index contributed by atoms with van der Waals surface area (Å²) in [4.78, 5) is 36.6. The van der Waals surface area contributed by atoms with E-state index in [1.54, 1.807) is 21.1 Å². The van der Waals surface area contributed by atoms with E-state index in [-0.39, 0.29) is 42.7 Å². The van der Waals surface area contributed by atoms with Crippen LogP contribution in [0.4, 0.5) is 0 Å². The summed E-state index contributed by atoms with van der Waals surface area (Å²) in [7, 11) is 5.40. The van der Waals surface area contributed by atoms with Crippen LogP contribution in [0, 0.1) is 0 Å². The number of quaternary nitrogens is 1. The third-order valence-corrected chi connectivity index (χ3v) is 8.90. The van der Waals surface area contributed by atoms with E-state index in [4.69, 9.17) is 14.2 Å². The van der Waals surface area contributed by atoms with Crippen LogP contribution < -0.4 is 5.11 Å². The molecule has 0 heterocycles. The topological polar surface area (TPSA) is 102 Å². The number of aliphatic carboxylic acids is 1. The van der Waals surface area contributed by atoms with Crippen molar-refractivity contribution in [2.75, 3.05) is 41.0 Å². The van der Waals surface area contributed by atoms with E-state index in [1.807, 2.05) is 0 Å². The van der Waals surface area contributed by atoms with Crippen molar-refractivity contribution in [2.24, 2.45) is 0 Å². The number of carbonyl (C=O) groups excluding carboxylic acids is 3. The maximum Gasteiger partial charge on any atom is 0.306 e. The second-order valence-corrected chi connectivity index (χ2v) is 14.5. The number of hydrogen-bond acceptors (Lipinski definition) is 7. The van der Waals surface area contributed by atoms with Crippen molar-refractivity contribution in [1.29, 1.82) is 0 Å². The molecule has 0 aromatic rings. The van der Waals surface area contributed by atoms with E-state index in [1.165, 1.54) is 89.9 Å². The number of allylic oxidation sites excluding steroid dienone is 2. The molecule has 0 aliphatic heterocycles. The van der Waals surface area contributed by atoms with Gasteiger partial charge in [0.25, 0.3) is 0 Å². The fourth-order valence-electron chi connectivity index (χ4n) is 5.76. The molecule has 8 nitrogen and oxygen atoms in total. The molecule has 48 heavy (non-hydrogen) atoms. The van der Waals surface area contributed by atoms with Gasteiger partial charge in [-0.2, -0.15) is 0 Å². The van der Waals surface area contributed by atoms with Gasteiger partial charge < -0.3 is 28.6 Å². The number of carbonyl (C=O) groups is 3. The van der Waals surface area contributed by atoms with Crippen molar-refractivity contribution < 1.29 is 38.2 Å². The Balaban J connectivity index is 4.39. The molecular weight excluding hydrogens is 606 g/mol. The zero-order valence-corrected chi connectivity index (χ0v) is 31.9. The molecule has 0 bridgehead atoms. The standard InChI is InChI=1S/C40H75NO7/c1-6-8-10-12-14-16-18-19-21-22-24-26-28-30-38(42)47-35-36(34-46-33-32-37(40(44)45)41(3,4)5)48-39(43)31-29-27-25-23-20-17-15-13-11-9-7-2/h13,15,36-37H,6-12,14,16-35H2,1-5H3/b15-13+. The van der Waals surface area contributed by atoms with Gasteiger partial charge in [-0.3, -0.25) is 9.59 Å². The zero-order chi connectivity index (χ0) is 35.7. The van der Waals surface area contributed by atoms with Crippen LogP contribution in [-0.2, 0) is 28.6 Å². The van der Waals surface area contributed by atoms with Crippen LogP contribution in [0.2, 0.25) is 0 Å². The maximum atomic E-state index is 12.6. The lowest BCUT2D eigenvalue weighted by molar-refractivity contribution is -0.889. The van der Waals surface area contributed by atoms with Crippen molar-refractivity contribution >= 4 is 17.9 Å². The van der Waals surface area contributed by atoms with Gasteiger partial charge in [-0.15, -0.1) is 0 Å². The van der Waals surface area contributed by atoms with E-state index in [9.17, 15) is 19.5 Å². The first kappa shape index (κ1) is 46.1. The molecule has 0 saturated heterocycles. The Morgan fingerprint density at radius 2 is 1.06 bits per heavy atom. The van der Waals surface area contributed by atoms with E-state index >= 15 is 0 Å². The summed E-state index contributed by atoms with van der Waals surface area (Å²) in [6.07, 6.45) is 30.8. The number of unbranched alkanes of at least 4 members (excludes halogenated alkanes) is 19. The average Bonchev–Trinajstić information content (AvgIpc) is 3.03. The molecule has 0 fully saturated rings. The molecule has 0 radical (unpaired) electrons. The molecule has 0 amide bonds. The van der Waals surface area contributed by atoms with Crippen molar-refractivity contribution in [3.8, 4) is 0 Å². The van der Waals surface area contributed by atoms with Gasteiger partial charge in [0.1, 0.15) is 12.6 Å². The minimum atomic E-state index is -1.13. The number of rotatable bonds is 35. The highest BCUT2D eigenvalue weighted by atomic mass is 16.6. The summed E-state index contributed by atoms with van der Waals surface area (Å²) in [6, 6.07) is -0.721. The molecule has 2 unspecified atom stereocenters. The molecule has 0 aliphatic rings. The molecule has 0 rings (SSSR count). The summed E-state index contributed by atoms with van der Waals surface area (Å²) in [6.45, 7) is 4.61. The molecule has 0 aliphatic carbocycles. The smallest absolute Gasteiger partial charge is 0.306 e. The van der Waals surface area contributed by atoms with E-state index in [0.717, 1.165) is 51.4 Å². The quantitative estimate of drug-likeness (QED) is 0.0286. The Bertz CT molecular complexity index is 808. The van der Waals surface area contributed by atoms with Gasteiger partial charge in [0, 0.05) is 19.3 Å². The van der Waals surface area contributed by atoms with Crippen LogP contribution in [-0.4, -0.2) is 75.5 Å². The van der Waals surface area contributed by atoms with Crippen molar-refractivity contribution in [3.05, 3.63) is 12.2 Å². The lowest BCUT2D eigenvalue weighted by Crippen LogP contribution is -2.55. The van der Waals surface area contributed by atoms with Crippen LogP contribution in [0.3, 0.4) is 0 Å². The van der Waals surface area contributed by atoms with Crippen LogP contribution >= 0.6 is 0 Å². The normalized spacial score (nSPS) is 13.1. The molecule has 0 N–H and O–H groups in total. The predicted octanol–water partition coefficient (Wildman–Crippen LogP) is 8.63. The number of esters is 2. The fourth-order valence-corrected chi connectivity index (χ4v) is 5.76. The zero-order valence-electron chi connectivity index (χ0n) is 31.9. The summed E-state index contributed by atoms with van der Waals surface area (Å²) in [5.74, 6) is -1.74. The Hall–Kier alpha value is -1.93. The maximum absolute atomic E-state index is 12.6. The first-order valence-electron chi connectivity index (χ1n) is 19.7. The first-order chi connectivity index (χ1) is 23.1. The number of hydrogen-bond donors (Lipinski definition) is 0. The summed E-state index contributed by atoms with van der Waals surface area (Å²) < 4.78 is 17.1. The van der Waals surface area contributed by atoms with E-state index < -0.39 is 18.1 Å². The first-order valence-corrected chi connectivity index (χ1v) is 19.7. The minimum absolute atomic E-state index is 0.0421. The van der Waals surface area contributed by atoms with Gasteiger partial charge >= 0.3 is 11.9 Å². The molecule has 8 heteroatoms. The predicted molar refractivity (Wildman–Crippen MR) is 194 cm³/mol. The van der Waals surface area contributed by atoms with Crippen molar-refractivity contribution in [2.45, 2.75) is 187 Å². The number of ether oxygens (including phenoxy) is 3. The largest absolute Gasteiger partial charge is 0.544 e. The average molecular weight is 682 g/mol. The van der Waals surface area contributed by atoms with Gasteiger partial charge in [-0.25, -0.2) is 0 Å². The Morgan fingerprint density at radius 3 is 1.56 bits per heavy atom. The number of likely N-dealkylation sites (N-methyl/N-ethyl adjacent to an activating group) is 1. The highest BCUT2D eigenvalue weighted by molar-refractivity contribution is 5.70. The van der Waals surface area contributed by atoms with E-state index in [2.05, 4.69) is 26.0 Å². The van der Waals surface area contributed by atoms with Gasteiger partial charge in [-0.1, -0.05) is 135 Å². The highest BCUT2D eigenvalue weighted by Crippen LogP contribution is 2.14. The van der Waals surface area contributed by atoms with Gasteiger partial charge in [0.15, 0.2) is 6.10 Å². The van der Waals surface area contributed by atoms with Crippen molar-refractivity contribution in [3.63, 3.8) is 0 Å². The molecule has 0 saturated carbocycles.